The van der Waals surface area contributed by atoms with Gasteiger partial charge in [-0.15, -0.1) is 0 Å². The van der Waals surface area contributed by atoms with Crippen molar-refractivity contribution in [2.24, 2.45) is 0 Å². The third-order valence-electron chi connectivity index (χ3n) is 3.05. The highest BCUT2D eigenvalue weighted by Gasteiger charge is 2.35. The second kappa shape index (κ2) is 5.23. The zero-order chi connectivity index (χ0) is 10.4. The zero-order valence-electron chi connectivity index (χ0n) is 8.92. The van der Waals surface area contributed by atoms with Gasteiger partial charge in [-0.1, -0.05) is 19.8 Å². The first kappa shape index (κ1) is 11.3. The molecule has 0 atom stereocenters. The summed E-state index contributed by atoms with van der Waals surface area (Å²) in [6.45, 7) is 2.12. The molecule has 0 unspecified atom stereocenters. The Morgan fingerprint density at radius 2 is 2.00 bits per heavy atom. The summed E-state index contributed by atoms with van der Waals surface area (Å²) in [5.41, 5.74) is -0.347. The third-order valence-corrected chi connectivity index (χ3v) is 3.05. The first-order valence-electron chi connectivity index (χ1n) is 5.60. The average Bonchev–Trinajstić information content (AvgIpc) is 2.15. The van der Waals surface area contributed by atoms with Crippen molar-refractivity contribution in [3.63, 3.8) is 0 Å². The topological polar surface area (TPSA) is 46.5 Å². The molecule has 0 saturated heterocycles. The molecule has 0 aliphatic heterocycles. The monoisotopic (exact) mass is 200 g/mol. The lowest BCUT2D eigenvalue weighted by Gasteiger charge is -2.35. The van der Waals surface area contributed by atoms with E-state index in [1.807, 2.05) is 0 Å². The molecule has 14 heavy (non-hydrogen) atoms. The largest absolute Gasteiger partial charge is 0.506 e. The van der Waals surface area contributed by atoms with E-state index in [1.54, 1.807) is 0 Å². The molecule has 0 aromatic heterocycles. The summed E-state index contributed by atoms with van der Waals surface area (Å²) >= 11 is 0. The molecule has 1 N–H and O–H groups in total. The van der Waals surface area contributed by atoms with Crippen molar-refractivity contribution in [1.82, 2.24) is 0 Å². The molecule has 0 aromatic rings. The second-order valence-corrected chi connectivity index (χ2v) is 4.22. The van der Waals surface area contributed by atoms with Crippen LogP contribution in [0.25, 0.3) is 0 Å². The van der Waals surface area contributed by atoms with Crippen LogP contribution in [0.2, 0.25) is 0 Å². The van der Waals surface area contributed by atoms with Gasteiger partial charge in [-0.25, -0.2) is 4.79 Å². The molecule has 0 spiro atoms. The Morgan fingerprint density at radius 3 is 2.50 bits per heavy atom. The molecule has 0 aromatic carbocycles. The molecule has 0 radical (unpaired) electrons. The summed E-state index contributed by atoms with van der Waals surface area (Å²) in [6, 6.07) is 0. The van der Waals surface area contributed by atoms with Crippen LogP contribution in [0.5, 0.6) is 0 Å². The standard InChI is InChI=1S/C11H20O3/c1-2-3-7-11(14-10(12)13)8-5-4-6-9-11/h2-9H2,1H3,(H,12,13). The van der Waals surface area contributed by atoms with Crippen molar-refractivity contribution < 1.29 is 14.6 Å². The van der Waals surface area contributed by atoms with Crippen molar-refractivity contribution in [3.8, 4) is 0 Å². The number of carbonyl (C=O) groups is 1. The highest BCUT2D eigenvalue weighted by Crippen LogP contribution is 2.35. The van der Waals surface area contributed by atoms with E-state index in [0.29, 0.717) is 0 Å². The molecule has 0 amide bonds. The van der Waals surface area contributed by atoms with Gasteiger partial charge in [0.25, 0.3) is 0 Å². The smallest absolute Gasteiger partial charge is 0.450 e. The third kappa shape index (κ3) is 3.20. The van der Waals surface area contributed by atoms with Gasteiger partial charge in [0.1, 0.15) is 5.60 Å². The summed E-state index contributed by atoms with van der Waals surface area (Å²) in [7, 11) is 0. The SMILES string of the molecule is CCCCC1(OC(=O)O)CCCCC1. The van der Waals surface area contributed by atoms with Gasteiger partial charge < -0.3 is 9.84 Å². The predicted molar refractivity (Wildman–Crippen MR) is 54.5 cm³/mol. The molecule has 1 aliphatic rings. The zero-order valence-corrected chi connectivity index (χ0v) is 8.92. The maximum atomic E-state index is 10.6. The summed E-state index contributed by atoms with van der Waals surface area (Å²) in [5, 5.41) is 8.71. The van der Waals surface area contributed by atoms with Crippen molar-refractivity contribution in [3.05, 3.63) is 0 Å². The van der Waals surface area contributed by atoms with Crippen LogP contribution >= 0.6 is 0 Å². The van der Waals surface area contributed by atoms with E-state index in [0.717, 1.165) is 44.9 Å². The van der Waals surface area contributed by atoms with Gasteiger partial charge in [0.05, 0.1) is 0 Å². The van der Waals surface area contributed by atoms with E-state index < -0.39 is 6.16 Å². The highest BCUT2D eigenvalue weighted by atomic mass is 16.7. The summed E-state index contributed by atoms with van der Waals surface area (Å²) in [4.78, 5) is 10.6. The van der Waals surface area contributed by atoms with Gasteiger partial charge in [-0.2, -0.15) is 0 Å². The molecule has 82 valence electrons. The van der Waals surface area contributed by atoms with Crippen LogP contribution in [0.3, 0.4) is 0 Å². The van der Waals surface area contributed by atoms with Gasteiger partial charge in [0, 0.05) is 0 Å². The van der Waals surface area contributed by atoms with E-state index in [2.05, 4.69) is 6.92 Å². The van der Waals surface area contributed by atoms with Crippen LogP contribution in [-0.2, 0) is 4.74 Å². The Bertz CT molecular complexity index is 183. The van der Waals surface area contributed by atoms with Gasteiger partial charge >= 0.3 is 6.16 Å². The first-order chi connectivity index (χ1) is 6.68. The highest BCUT2D eigenvalue weighted by molar-refractivity contribution is 5.57. The molecule has 0 heterocycles. The summed E-state index contributed by atoms with van der Waals surface area (Å²) < 4.78 is 5.10. The molecule has 0 bridgehead atoms. The van der Waals surface area contributed by atoms with Gasteiger partial charge in [0.2, 0.25) is 0 Å². The minimum absolute atomic E-state index is 0.347. The molecule has 1 fully saturated rings. The quantitative estimate of drug-likeness (QED) is 0.705. The first-order valence-corrected chi connectivity index (χ1v) is 5.60. The number of hydrogen-bond donors (Lipinski definition) is 1. The lowest BCUT2D eigenvalue weighted by atomic mass is 9.81. The van der Waals surface area contributed by atoms with E-state index in [1.165, 1.54) is 6.42 Å². The fraction of sp³-hybridized carbons (Fsp3) is 0.909. The van der Waals surface area contributed by atoms with Crippen molar-refractivity contribution >= 4 is 6.16 Å². The van der Waals surface area contributed by atoms with Gasteiger partial charge in [-0.05, 0) is 38.5 Å². The van der Waals surface area contributed by atoms with Crippen molar-refractivity contribution in [2.75, 3.05) is 0 Å². The number of rotatable bonds is 4. The Morgan fingerprint density at radius 1 is 1.36 bits per heavy atom. The fourth-order valence-electron chi connectivity index (χ4n) is 2.28. The number of hydrogen-bond acceptors (Lipinski definition) is 2. The Kier molecular flexibility index (Phi) is 4.23. The molecule has 1 saturated carbocycles. The van der Waals surface area contributed by atoms with Gasteiger partial charge in [-0.3, -0.25) is 0 Å². The molecule has 3 nitrogen and oxygen atoms in total. The lowest BCUT2D eigenvalue weighted by molar-refractivity contribution is -0.0478. The molecular formula is C11H20O3. The van der Waals surface area contributed by atoms with Crippen LogP contribution in [0, 0.1) is 0 Å². The predicted octanol–water partition coefficient (Wildman–Crippen LogP) is 3.57. The van der Waals surface area contributed by atoms with Crippen LogP contribution in [0.15, 0.2) is 0 Å². The van der Waals surface area contributed by atoms with Crippen molar-refractivity contribution in [1.29, 1.82) is 0 Å². The van der Waals surface area contributed by atoms with E-state index >= 15 is 0 Å². The average molecular weight is 200 g/mol. The molecule has 1 rings (SSSR count). The summed E-state index contributed by atoms with van der Waals surface area (Å²) in [6.07, 6.45) is 7.22. The number of unbranched alkanes of at least 4 members (excludes halogenated alkanes) is 1. The Balaban J connectivity index is 2.52. The lowest BCUT2D eigenvalue weighted by Crippen LogP contribution is -2.36. The Labute approximate surface area is 85.5 Å². The molecular weight excluding hydrogens is 180 g/mol. The van der Waals surface area contributed by atoms with Crippen LogP contribution in [-0.4, -0.2) is 16.9 Å². The maximum absolute atomic E-state index is 10.6. The fourth-order valence-corrected chi connectivity index (χ4v) is 2.28. The van der Waals surface area contributed by atoms with E-state index in [-0.39, 0.29) is 5.60 Å². The van der Waals surface area contributed by atoms with E-state index in [4.69, 9.17) is 9.84 Å². The maximum Gasteiger partial charge on any atom is 0.506 e. The summed E-state index contributed by atoms with van der Waals surface area (Å²) in [5.74, 6) is 0. The van der Waals surface area contributed by atoms with Gasteiger partial charge in [0.15, 0.2) is 0 Å². The van der Waals surface area contributed by atoms with E-state index in [9.17, 15) is 4.79 Å². The minimum atomic E-state index is -1.11. The number of carboxylic acid groups (broad SMARTS) is 1. The van der Waals surface area contributed by atoms with Crippen LogP contribution in [0.4, 0.5) is 4.79 Å². The second-order valence-electron chi connectivity index (χ2n) is 4.22. The van der Waals surface area contributed by atoms with Crippen LogP contribution in [0.1, 0.15) is 58.3 Å². The van der Waals surface area contributed by atoms with Crippen molar-refractivity contribution in [2.45, 2.75) is 63.9 Å². The van der Waals surface area contributed by atoms with Crippen LogP contribution < -0.4 is 0 Å². The molecule has 3 heteroatoms. The normalized spacial score (nSPS) is 20.4. The Hall–Kier alpha value is -0.730. The molecule has 1 aliphatic carbocycles. The minimum Gasteiger partial charge on any atom is -0.450 e. The number of ether oxygens (including phenoxy) is 1.